The number of nitrogens with zero attached hydrogens (tertiary/aromatic N) is 2. The molecule has 0 aliphatic rings. The minimum Gasteiger partial charge on any atom is -0.323 e. The number of anilines is 1. The van der Waals surface area contributed by atoms with E-state index in [0.717, 1.165) is 10.9 Å². The average molecular weight is 321 g/mol. The number of aryl methyl sites for hydroxylation is 1. The molecule has 0 saturated carbocycles. The molecule has 0 unspecified atom stereocenters. The maximum atomic E-state index is 12.5. The van der Waals surface area contributed by atoms with Gasteiger partial charge in [-0.05, 0) is 11.6 Å². The lowest BCUT2D eigenvalue weighted by atomic mass is 10.1. The first-order valence-corrected chi connectivity index (χ1v) is 7.70. The van der Waals surface area contributed by atoms with Crippen LogP contribution in [0.5, 0.6) is 0 Å². The molecule has 0 spiro atoms. The van der Waals surface area contributed by atoms with Gasteiger partial charge in [0.25, 0.3) is 5.56 Å². The Balaban J connectivity index is 1.86. The van der Waals surface area contributed by atoms with Crippen LogP contribution in [0.1, 0.15) is 5.56 Å². The number of benzene rings is 2. The van der Waals surface area contributed by atoms with Crippen molar-refractivity contribution >= 4 is 22.5 Å². The van der Waals surface area contributed by atoms with E-state index in [2.05, 4.69) is 5.32 Å². The summed E-state index contributed by atoms with van der Waals surface area (Å²) in [5.74, 6) is 0. The Labute approximate surface area is 140 Å². The van der Waals surface area contributed by atoms with Gasteiger partial charge in [-0.3, -0.25) is 4.79 Å². The predicted octanol–water partition coefficient (Wildman–Crippen LogP) is 3.20. The lowest BCUT2D eigenvalue weighted by Gasteiger charge is -2.19. The van der Waals surface area contributed by atoms with E-state index in [1.165, 1.54) is 4.57 Å². The Bertz CT molecular complexity index is 932. The van der Waals surface area contributed by atoms with Crippen molar-refractivity contribution < 1.29 is 4.79 Å². The van der Waals surface area contributed by atoms with Crippen molar-refractivity contribution in [3.05, 3.63) is 76.7 Å². The van der Waals surface area contributed by atoms with Gasteiger partial charge >= 0.3 is 6.03 Å². The van der Waals surface area contributed by atoms with Crippen molar-refractivity contribution in [2.75, 3.05) is 12.4 Å². The Morgan fingerprint density at radius 2 is 1.67 bits per heavy atom. The highest BCUT2D eigenvalue weighted by Crippen LogP contribution is 2.20. The van der Waals surface area contributed by atoms with Crippen molar-refractivity contribution in [3.63, 3.8) is 0 Å². The molecule has 122 valence electrons. The highest BCUT2D eigenvalue weighted by molar-refractivity contribution is 6.00. The van der Waals surface area contributed by atoms with Crippen molar-refractivity contribution in [2.24, 2.45) is 7.05 Å². The third-order valence-electron chi connectivity index (χ3n) is 3.94. The summed E-state index contributed by atoms with van der Waals surface area (Å²) < 4.78 is 1.48. The molecule has 3 rings (SSSR count). The minimum absolute atomic E-state index is 0.0822. The van der Waals surface area contributed by atoms with Gasteiger partial charge in [-0.1, -0.05) is 48.5 Å². The Morgan fingerprint density at radius 1 is 1.04 bits per heavy atom. The maximum Gasteiger partial charge on any atom is 0.321 e. The molecule has 5 heteroatoms. The SMILES string of the molecule is CN(Cc1ccccc1)C(=O)Nc1cn(C)c(=O)c2ccccc12. The van der Waals surface area contributed by atoms with Gasteiger partial charge in [-0.2, -0.15) is 0 Å². The molecular formula is C19H19N3O2. The number of carbonyl (C=O) groups excluding carboxylic acids is 1. The lowest BCUT2D eigenvalue weighted by molar-refractivity contribution is 0.220. The molecule has 0 radical (unpaired) electrons. The normalized spacial score (nSPS) is 10.6. The van der Waals surface area contributed by atoms with Crippen LogP contribution in [0.25, 0.3) is 10.8 Å². The van der Waals surface area contributed by atoms with Gasteiger partial charge in [0, 0.05) is 37.6 Å². The fourth-order valence-corrected chi connectivity index (χ4v) is 2.66. The number of hydrogen-bond donors (Lipinski definition) is 1. The zero-order valence-electron chi connectivity index (χ0n) is 13.7. The van der Waals surface area contributed by atoms with E-state index >= 15 is 0 Å². The largest absolute Gasteiger partial charge is 0.323 e. The molecule has 0 aliphatic heterocycles. The molecule has 0 bridgehead atoms. The number of rotatable bonds is 3. The third-order valence-corrected chi connectivity index (χ3v) is 3.94. The summed E-state index contributed by atoms with van der Waals surface area (Å²) in [6, 6.07) is 16.8. The number of hydrogen-bond acceptors (Lipinski definition) is 2. The zero-order chi connectivity index (χ0) is 17.1. The third kappa shape index (κ3) is 3.15. The number of amides is 2. The second-order valence-corrected chi connectivity index (χ2v) is 5.78. The lowest BCUT2D eigenvalue weighted by Crippen LogP contribution is -2.31. The van der Waals surface area contributed by atoms with Gasteiger partial charge in [-0.15, -0.1) is 0 Å². The van der Waals surface area contributed by atoms with Crippen LogP contribution in [0.3, 0.4) is 0 Å². The molecule has 1 aromatic heterocycles. The Morgan fingerprint density at radius 3 is 2.38 bits per heavy atom. The maximum absolute atomic E-state index is 12.5. The molecule has 0 fully saturated rings. The molecule has 0 saturated heterocycles. The van der Waals surface area contributed by atoms with E-state index in [9.17, 15) is 9.59 Å². The molecule has 5 nitrogen and oxygen atoms in total. The summed E-state index contributed by atoms with van der Waals surface area (Å²) in [7, 11) is 3.42. The molecule has 3 aromatic rings. The summed E-state index contributed by atoms with van der Waals surface area (Å²) in [4.78, 5) is 26.3. The van der Waals surface area contributed by atoms with Gasteiger partial charge < -0.3 is 14.8 Å². The van der Waals surface area contributed by atoms with Crippen LogP contribution < -0.4 is 10.9 Å². The fraction of sp³-hybridized carbons (Fsp3) is 0.158. The predicted molar refractivity (Wildman–Crippen MR) is 96.1 cm³/mol. The number of aromatic nitrogens is 1. The number of urea groups is 1. The highest BCUT2D eigenvalue weighted by atomic mass is 16.2. The molecule has 2 amide bonds. The molecule has 0 atom stereocenters. The number of pyridine rings is 1. The van der Waals surface area contributed by atoms with E-state index in [0.29, 0.717) is 17.6 Å². The quantitative estimate of drug-likeness (QED) is 0.805. The van der Waals surface area contributed by atoms with Gasteiger partial charge in [0.2, 0.25) is 0 Å². The van der Waals surface area contributed by atoms with Gasteiger partial charge in [0.15, 0.2) is 0 Å². The van der Waals surface area contributed by atoms with Crippen LogP contribution in [0.4, 0.5) is 10.5 Å². The smallest absolute Gasteiger partial charge is 0.321 e. The van der Waals surface area contributed by atoms with Crippen LogP contribution >= 0.6 is 0 Å². The van der Waals surface area contributed by atoms with Crippen molar-refractivity contribution in [3.8, 4) is 0 Å². The Kier molecular flexibility index (Phi) is 4.33. The Hall–Kier alpha value is -3.08. The minimum atomic E-state index is -0.220. The standard InChI is InChI=1S/C19H19N3O2/c1-21-13-17(15-10-6-7-11-16(15)18(21)23)20-19(24)22(2)12-14-8-4-3-5-9-14/h3-11,13H,12H2,1-2H3,(H,20,24). The summed E-state index contributed by atoms with van der Waals surface area (Å²) in [5, 5.41) is 4.22. The van der Waals surface area contributed by atoms with Gasteiger partial charge in [0.05, 0.1) is 5.69 Å². The van der Waals surface area contributed by atoms with E-state index in [4.69, 9.17) is 0 Å². The van der Waals surface area contributed by atoms with Gasteiger partial charge in [0.1, 0.15) is 0 Å². The van der Waals surface area contributed by atoms with E-state index in [1.54, 1.807) is 31.3 Å². The first-order chi connectivity index (χ1) is 11.6. The summed E-state index contributed by atoms with van der Waals surface area (Å²) in [5.41, 5.74) is 1.60. The first kappa shape index (κ1) is 15.8. The van der Waals surface area contributed by atoms with Crippen molar-refractivity contribution in [1.82, 2.24) is 9.47 Å². The second-order valence-electron chi connectivity index (χ2n) is 5.78. The highest BCUT2D eigenvalue weighted by Gasteiger charge is 2.13. The van der Waals surface area contributed by atoms with Crippen LogP contribution in [0.2, 0.25) is 0 Å². The topological polar surface area (TPSA) is 54.3 Å². The second kappa shape index (κ2) is 6.58. The van der Waals surface area contributed by atoms with E-state index in [-0.39, 0.29) is 11.6 Å². The number of nitrogens with one attached hydrogen (secondary N) is 1. The van der Waals surface area contributed by atoms with Crippen LogP contribution in [0, 0.1) is 0 Å². The number of carbonyl (C=O) groups is 1. The van der Waals surface area contributed by atoms with E-state index in [1.807, 2.05) is 48.5 Å². The summed E-state index contributed by atoms with van der Waals surface area (Å²) in [6.45, 7) is 0.510. The van der Waals surface area contributed by atoms with Crippen LogP contribution in [0.15, 0.2) is 65.6 Å². The molecule has 2 aromatic carbocycles. The first-order valence-electron chi connectivity index (χ1n) is 7.70. The summed E-state index contributed by atoms with van der Waals surface area (Å²) >= 11 is 0. The monoisotopic (exact) mass is 321 g/mol. The van der Waals surface area contributed by atoms with Gasteiger partial charge in [-0.25, -0.2) is 4.79 Å². The number of fused-ring (bicyclic) bond motifs is 1. The average Bonchev–Trinajstić information content (AvgIpc) is 2.60. The van der Waals surface area contributed by atoms with Crippen LogP contribution in [-0.2, 0) is 13.6 Å². The molecular weight excluding hydrogens is 302 g/mol. The summed E-state index contributed by atoms with van der Waals surface area (Å²) in [6.07, 6.45) is 1.65. The zero-order valence-corrected chi connectivity index (χ0v) is 13.7. The fourth-order valence-electron chi connectivity index (χ4n) is 2.66. The molecule has 0 aliphatic carbocycles. The molecule has 1 heterocycles. The van der Waals surface area contributed by atoms with Crippen molar-refractivity contribution in [1.29, 1.82) is 0 Å². The van der Waals surface area contributed by atoms with Crippen molar-refractivity contribution in [2.45, 2.75) is 6.54 Å². The van der Waals surface area contributed by atoms with Crippen LogP contribution in [-0.4, -0.2) is 22.5 Å². The molecule has 1 N–H and O–H groups in total. The van der Waals surface area contributed by atoms with E-state index < -0.39 is 0 Å². The molecule has 24 heavy (non-hydrogen) atoms.